The van der Waals surface area contributed by atoms with Gasteiger partial charge in [0.2, 0.25) is 5.89 Å². The molecule has 4 nitrogen and oxygen atoms in total. The number of oxazole rings is 1. The van der Waals surface area contributed by atoms with Crippen LogP contribution in [0.2, 0.25) is 0 Å². The molecule has 0 unspecified atom stereocenters. The smallest absolute Gasteiger partial charge is 0.227 e. The molecule has 0 saturated heterocycles. The number of rotatable bonds is 6. The van der Waals surface area contributed by atoms with Crippen molar-refractivity contribution in [1.82, 2.24) is 4.98 Å². The number of hydrogen-bond acceptors (Lipinski definition) is 4. The molecular formula is C43H28N2O2. The van der Waals surface area contributed by atoms with Crippen LogP contribution < -0.4 is 4.90 Å². The number of aromatic nitrogens is 1. The number of furan rings is 1. The normalized spacial score (nSPS) is 11.4. The van der Waals surface area contributed by atoms with Crippen molar-refractivity contribution in [2.75, 3.05) is 4.90 Å². The van der Waals surface area contributed by atoms with Crippen molar-refractivity contribution >= 4 is 50.1 Å². The van der Waals surface area contributed by atoms with Gasteiger partial charge in [-0.2, -0.15) is 0 Å². The first-order chi connectivity index (χ1) is 23.3. The van der Waals surface area contributed by atoms with Crippen LogP contribution in [0.25, 0.3) is 66.7 Å². The third kappa shape index (κ3) is 4.84. The number of benzene rings is 7. The third-order valence-electron chi connectivity index (χ3n) is 8.73. The van der Waals surface area contributed by atoms with E-state index in [9.17, 15) is 0 Å². The number of nitrogens with zero attached hydrogens (tertiary/aromatic N) is 2. The topological polar surface area (TPSA) is 42.4 Å². The molecule has 0 bridgehead atoms. The maximum atomic E-state index is 6.30. The zero-order chi connectivity index (χ0) is 31.2. The summed E-state index contributed by atoms with van der Waals surface area (Å²) < 4.78 is 12.4. The number of anilines is 3. The van der Waals surface area contributed by atoms with Crippen LogP contribution in [0.4, 0.5) is 17.1 Å². The van der Waals surface area contributed by atoms with Crippen molar-refractivity contribution in [1.29, 1.82) is 0 Å². The second-order valence-corrected chi connectivity index (χ2v) is 11.6. The van der Waals surface area contributed by atoms with Crippen LogP contribution in [-0.4, -0.2) is 4.98 Å². The van der Waals surface area contributed by atoms with Gasteiger partial charge in [-0.05, 0) is 83.4 Å². The zero-order valence-electron chi connectivity index (χ0n) is 25.4. The molecule has 2 aromatic heterocycles. The Balaban J connectivity index is 1.07. The van der Waals surface area contributed by atoms with Crippen molar-refractivity contribution in [3.63, 3.8) is 0 Å². The van der Waals surface area contributed by atoms with E-state index in [-0.39, 0.29) is 0 Å². The third-order valence-corrected chi connectivity index (χ3v) is 8.73. The van der Waals surface area contributed by atoms with Gasteiger partial charge in [-0.1, -0.05) is 103 Å². The standard InChI is InChI=1S/C43H28N2O2/c1-3-10-29(11-4-1)30-18-23-34(24-19-30)45(33-12-5-2-6-13-33)35-25-20-31(21-26-35)36-15-9-17-40-42(36)44-43(47-40)32-22-27-38-37-14-7-8-16-39(37)46-41(38)28-32/h1-28H. The minimum absolute atomic E-state index is 0.570. The lowest BCUT2D eigenvalue weighted by Crippen LogP contribution is -2.09. The van der Waals surface area contributed by atoms with E-state index < -0.39 is 0 Å². The molecule has 9 rings (SSSR count). The van der Waals surface area contributed by atoms with Crippen LogP contribution in [0.5, 0.6) is 0 Å². The highest BCUT2D eigenvalue weighted by atomic mass is 16.3. The second kappa shape index (κ2) is 11.2. The van der Waals surface area contributed by atoms with Crippen molar-refractivity contribution in [3.8, 4) is 33.7 Å². The van der Waals surface area contributed by atoms with Gasteiger partial charge in [0.05, 0.1) is 0 Å². The quantitative estimate of drug-likeness (QED) is 0.189. The minimum Gasteiger partial charge on any atom is -0.456 e. The van der Waals surface area contributed by atoms with Crippen LogP contribution in [-0.2, 0) is 0 Å². The van der Waals surface area contributed by atoms with Crippen LogP contribution in [0.3, 0.4) is 0 Å². The average Bonchev–Trinajstić information content (AvgIpc) is 3.75. The summed E-state index contributed by atoms with van der Waals surface area (Å²) in [6, 6.07) is 58.7. The molecule has 0 amide bonds. The molecule has 0 spiro atoms. The van der Waals surface area contributed by atoms with E-state index in [2.05, 4.69) is 120 Å². The van der Waals surface area contributed by atoms with Crippen LogP contribution >= 0.6 is 0 Å². The van der Waals surface area contributed by atoms with Crippen molar-refractivity contribution in [2.45, 2.75) is 0 Å². The van der Waals surface area contributed by atoms with Crippen molar-refractivity contribution in [3.05, 3.63) is 170 Å². The highest BCUT2D eigenvalue weighted by Crippen LogP contribution is 2.39. The van der Waals surface area contributed by atoms with Gasteiger partial charge in [0.15, 0.2) is 5.58 Å². The van der Waals surface area contributed by atoms with Gasteiger partial charge in [-0.3, -0.25) is 0 Å². The average molecular weight is 605 g/mol. The molecule has 0 aliphatic heterocycles. The van der Waals surface area contributed by atoms with Crippen molar-refractivity contribution < 1.29 is 8.83 Å². The fourth-order valence-corrected chi connectivity index (χ4v) is 6.41. The summed E-state index contributed by atoms with van der Waals surface area (Å²) in [4.78, 5) is 7.27. The summed E-state index contributed by atoms with van der Waals surface area (Å²) in [5.41, 5.74) is 11.9. The first-order valence-electron chi connectivity index (χ1n) is 15.7. The molecule has 0 atom stereocenters. The van der Waals surface area contributed by atoms with E-state index >= 15 is 0 Å². The summed E-state index contributed by atoms with van der Waals surface area (Å²) in [6.45, 7) is 0. The van der Waals surface area contributed by atoms with Crippen LogP contribution in [0.15, 0.2) is 179 Å². The fourth-order valence-electron chi connectivity index (χ4n) is 6.41. The van der Waals surface area contributed by atoms with E-state index in [1.165, 1.54) is 11.1 Å². The Morgan fingerprint density at radius 1 is 0.383 bits per heavy atom. The van der Waals surface area contributed by atoms with Gasteiger partial charge >= 0.3 is 0 Å². The Kier molecular flexibility index (Phi) is 6.43. The van der Waals surface area contributed by atoms with E-state index in [0.717, 1.165) is 66.8 Å². The highest BCUT2D eigenvalue weighted by molar-refractivity contribution is 6.05. The number of fused-ring (bicyclic) bond motifs is 4. The molecule has 0 fully saturated rings. The molecule has 9 aromatic rings. The second-order valence-electron chi connectivity index (χ2n) is 11.6. The lowest BCUT2D eigenvalue weighted by atomic mass is 10.0. The fraction of sp³-hybridized carbons (Fsp3) is 0. The highest BCUT2D eigenvalue weighted by Gasteiger charge is 2.17. The lowest BCUT2D eigenvalue weighted by molar-refractivity contribution is 0.619. The van der Waals surface area contributed by atoms with Gasteiger partial charge < -0.3 is 13.7 Å². The first-order valence-corrected chi connectivity index (χ1v) is 15.7. The van der Waals surface area contributed by atoms with E-state index in [1.54, 1.807) is 0 Å². The predicted molar refractivity (Wildman–Crippen MR) is 192 cm³/mol. The Bertz CT molecular complexity index is 2500. The lowest BCUT2D eigenvalue weighted by Gasteiger charge is -2.26. The van der Waals surface area contributed by atoms with E-state index in [4.69, 9.17) is 13.8 Å². The van der Waals surface area contributed by atoms with Crippen LogP contribution in [0.1, 0.15) is 0 Å². The molecule has 0 aliphatic rings. The number of para-hydroxylation sites is 3. The van der Waals surface area contributed by atoms with Crippen molar-refractivity contribution in [2.24, 2.45) is 0 Å². The summed E-state index contributed by atoms with van der Waals surface area (Å²) in [6.07, 6.45) is 0. The van der Waals surface area contributed by atoms with Crippen LogP contribution in [0, 0.1) is 0 Å². The first kappa shape index (κ1) is 27.0. The molecule has 7 aromatic carbocycles. The Hall–Kier alpha value is -6.39. The van der Waals surface area contributed by atoms with Gasteiger partial charge in [0, 0.05) is 39.0 Å². The van der Waals surface area contributed by atoms with Gasteiger partial charge in [0.25, 0.3) is 0 Å². The van der Waals surface area contributed by atoms with E-state index in [1.807, 2.05) is 54.6 Å². The molecule has 222 valence electrons. The predicted octanol–water partition coefficient (Wildman–Crippen LogP) is 12.2. The molecule has 0 N–H and O–H groups in total. The Morgan fingerprint density at radius 3 is 1.72 bits per heavy atom. The largest absolute Gasteiger partial charge is 0.456 e. The molecule has 47 heavy (non-hydrogen) atoms. The molecule has 4 heteroatoms. The molecule has 0 aliphatic carbocycles. The Morgan fingerprint density at radius 2 is 0.957 bits per heavy atom. The van der Waals surface area contributed by atoms with Gasteiger partial charge in [-0.25, -0.2) is 4.98 Å². The molecule has 0 saturated carbocycles. The monoisotopic (exact) mass is 604 g/mol. The zero-order valence-corrected chi connectivity index (χ0v) is 25.4. The Labute approximate surface area is 271 Å². The molecule has 2 heterocycles. The van der Waals surface area contributed by atoms with E-state index in [0.29, 0.717) is 5.89 Å². The minimum atomic E-state index is 0.570. The van der Waals surface area contributed by atoms with Gasteiger partial charge in [-0.15, -0.1) is 0 Å². The van der Waals surface area contributed by atoms with Gasteiger partial charge in [0.1, 0.15) is 16.7 Å². The molecule has 0 radical (unpaired) electrons. The molecular weight excluding hydrogens is 576 g/mol. The number of hydrogen-bond donors (Lipinski definition) is 0. The maximum Gasteiger partial charge on any atom is 0.227 e. The summed E-state index contributed by atoms with van der Waals surface area (Å²) >= 11 is 0. The maximum absolute atomic E-state index is 6.30. The summed E-state index contributed by atoms with van der Waals surface area (Å²) in [5, 5.41) is 2.19. The summed E-state index contributed by atoms with van der Waals surface area (Å²) in [5.74, 6) is 0.570. The summed E-state index contributed by atoms with van der Waals surface area (Å²) in [7, 11) is 0. The SMILES string of the molecule is c1ccc(-c2ccc(N(c3ccccc3)c3ccc(-c4cccc5oc(-c6ccc7c(c6)oc6ccccc67)nc45)cc3)cc2)cc1.